The van der Waals surface area contributed by atoms with E-state index in [4.69, 9.17) is 4.74 Å². The van der Waals surface area contributed by atoms with Gasteiger partial charge in [-0.15, -0.1) is 24.0 Å². The van der Waals surface area contributed by atoms with E-state index in [0.29, 0.717) is 19.1 Å². The van der Waals surface area contributed by atoms with Gasteiger partial charge in [0.1, 0.15) is 0 Å². The largest absolute Gasteiger partial charge is 0.435 e. The lowest BCUT2D eigenvalue weighted by molar-refractivity contribution is -0.142. The summed E-state index contributed by atoms with van der Waals surface area (Å²) in [6, 6.07) is 0. The number of alkyl halides is 3. The van der Waals surface area contributed by atoms with Gasteiger partial charge in [0, 0.05) is 52.2 Å². The Kier molecular flexibility index (Phi) is 8.97. The Hall–Kier alpha value is -1.04. The maximum Gasteiger partial charge on any atom is 0.435 e. The average molecular weight is 475 g/mol. The van der Waals surface area contributed by atoms with E-state index in [1.165, 1.54) is 26.1 Å². The molecule has 0 amide bonds. The van der Waals surface area contributed by atoms with E-state index < -0.39 is 11.9 Å². The van der Waals surface area contributed by atoms with E-state index in [1.807, 2.05) is 0 Å². The first kappa shape index (κ1) is 22.0. The van der Waals surface area contributed by atoms with Gasteiger partial charge in [-0.25, -0.2) is 0 Å². The number of aryl methyl sites for hydroxylation is 1. The number of rotatable bonds is 8. The highest BCUT2D eigenvalue weighted by Crippen LogP contribution is 2.30. The van der Waals surface area contributed by atoms with Crippen molar-refractivity contribution in [3.05, 3.63) is 17.5 Å². The first-order valence-corrected chi connectivity index (χ1v) is 8.02. The van der Waals surface area contributed by atoms with Crippen molar-refractivity contribution in [3.63, 3.8) is 0 Å². The van der Waals surface area contributed by atoms with Crippen LogP contribution in [0.25, 0.3) is 0 Å². The summed E-state index contributed by atoms with van der Waals surface area (Å²) in [5.41, 5.74) is -0.790. The number of aliphatic imine (C=N–C) groups is 1. The van der Waals surface area contributed by atoms with Crippen molar-refractivity contribution in [1.29, 1.82) is 0 Å². The van der Waals surface area contributed by atoms with Crippen molar-refractivity contribution in [2.75, 3.05) is 26.8 Å². The lowest BCUT2D eigenvalue weighted by Gasteiger charge is -2.12. The third-order valence-corrected chi connectivity index (χ3v) is 3.65. The molecule has 1 aromatic rings. The van der Waals surface area contributed by atoms with E-state index >= 15 is 0 Å². The molecule has 0 aliphatic heterocycles. The molecule has 0 bridgehead atoms. The first-order chi connectivity index (χ1) is 11.4. The first-order valence-electron chi connectivity index (χ1n) is 8.02. The molecular weight excluding hydrogens is 450 g/mol. The van der Waals surface area contributed by atoms with Crippen LogP contribution in [0.4, 0.5) is 13.2 Å². The summed E-state index contributed by atoms with van der Waals surface area (Å²) in [5, 5.41) is 9.41. The van der Waals surface area contributed by atoms with Crippen LogP contribution in [0.1, 0.15) is 30.5 Å². The Balaban J connectivity index is 0.00000312. The zero-order valence-corrected chi connectivity index (χ0v) is 16.7. The summed E-state index contributed by atoms with van der Waals surface area (Å²) in [6.45, 7) is 2.14. The second-order valence-electron chi connectivity index (χ2n) is 5.90. The molecule has 1 fully saturated rings. The lowest BCUT2D eigenvalue weighted by atomic mass is 10.2. The van der Waals surface area contributed by atoms with Crippen LogP contribution in [-0.2, 0) is 24.5 Å². The van der Waals surface area contributed by atoms with Crippen molar-refractivity contribution in [1.82, 2.24) is 20.4 Å². The molecule has 25 heavy (non-hydrogen) atoms. The van der Waals surface area contributed by atoms with Crippen LogP contribution in [0.15, 0.2) is 11.2 Å². The standard InChI is InChI=1S/C15H24F3N5O.HI/c1-19-14(20-6-3-7-24-10-11-4-5-11)21-8-12-9-23(2)22-13(12)15(16,17)18;/h9,11H,3-8,10H2,1-2H3,(H2,19,20,21);1H. The van der Waals surface area contributed by atoms with Crippen molar-refractivity contribution >= 4 is 29.9 Å². The van der Waals surface area contributed by atoms with Gasteiger partial charge in [-0.2, -0.15) is 18.3 Å². The monoisotopic (exact) mass is 475 g/mol. The predicted octanol–water partition coefficient (Wildman–Crippen LogP) is 2.54. The molecule has 1 saturated carbocycles. The zero-order chi connectivity index (χ0) is 17.6. The zero-order valence-electron chi connectivity index (χ0n) is 14.4. The summed E-state index contributed by atoms with van der Waals surface area (Å²) in [7, 11) is 3.04. The van der Waals surface area contributed by atoms with Gasteiger partial charge in [-0.05, 0) is 25.2 Å². The normalized spacial score (nSPS) is 15.0. The van der Waals surface area contributed by atoms with Crippen LogP contribution in [0.3, 0.4) is 0 Å². The fraction of sp³-hybridized carbons (Fsp3) is 0.733. The van der Waals surface area contributed by atoms with Gasteiger partial charge < -0.3 is 15.4 Å². The van der Waals surface area contributed by atoms with Gasteiger partial charge in [0.15, 0.2) is 11.7 Å². The van der Waals surface area contributed by atoms with Crippen molar-refractivity contribution in [3.8, 4) is 0 Å². The Morgan fingerprint density at radius 3 is 2.72 bits per heavy atom. The minimum atomic E-state index is -4.46. The number of nitrogens with one attached hydrogen (secondary N) is 2. The third-order valence-electron chi connectivity index (χ3n) is 3.65. The smallest absolute Gasteiger partial charge is 0.381 e. The second kappa shape index (κ2) is 10.2. The van der Waals surface area contributed by atoms with Gasteiger partial charge in [0.25, 0.3) is 0 Å². The molecule has 144 valence electrons. The summed E-state index contributed by atoms with van der Waals surface area (Å²) >= 11 is 0. The fourth-order valence-corrected chi connectivity index (χ4v) is 2.22. The molecule has 2 rings (SSSR count). The minimum Gasteiger partial charge on any atom is -0.381 e. The van der Waals surface area contributed by atoms with E-state index in [0.717, 1.165) is 23.6 Å². The van der Waals surface area contributed by atoms with Gasteiger partial charge in [-0.1, -0.05) is 0 Å². The minimum absolute atomic E-state index is 0. The van der Waals surface area contributed by atoms with Crippen LogP contribution in [0.2, 0.25) is 0 Å². The van der Waals surface area contributed by atoms with Crippen LogP contribution in [0, 0.1) is 5.92 Å². The van der Waals surface area contributed by atoms with Crippen molar-refractivity contribution in [2.45, 2.75) is 32.0 Å². The van der Waals surface area contributed by atoms with E-state index in [9.17, 15) is 13.2 Å². The van der Waals surface area contributed by atoms with Gasteiger partial charge in [0.05, 0.1) is 0 Å². The highest BCUT2D eigenvalue weighted by molar-refractivity contribution is 14.0. The van der Waals surface area contributed by atoms with E-state index in [-0.39, 0.29) is 36.1 Å². The molecule has 1 aromatic heterocycles. The lowest BCUT2D eigenvalue weighted by Crippen LogP contribution is -2.37. The average Bonchev–Trinajstić information content (AvgIpc) is 3.25. The SMILES string of the molecule is CN=C(NCCCOCC1CC1)NCc1cn(C)nc1C(F)(F)F.I. The van der Waals surface area contributed by atoms with Crippen LogP contribution in [-0.4, -0.2) is 42.5 Å². The van der Waals surface area contributed by atoms with Gasteiger partial charge >= 0.3 is 6.18 Å². The third kappa shape index (κ3) is 7.80. The number of hydrogen-bond donors (Lipinski definition) is 2. The summed E-state index contributed by atoms with van der Waals surface area (Å²) in [5.74, 6) is 1.20. The van der Waals surface area contributed by atoms with Gasteiger partial charge in [-0.3, -0.25) is 9.67 Å². The molecule has 0 unspecified atom stereocenters. The molecule has 0 aromatic carbocycles. The Morgan fingerprint density at radius 1 is 1.40 bits per heavy atom. The quantitative estimate of drug-likeness (QED) is 0.263. The highest BCUT2D eigenvalue weighted by atomic mass is 127. The number of guanidine groups is 1. The molecule has 0 atom stereocenters. The van der Waals surface area contributed by atoms with Crippen LogP contribution < -0.4 is 10.6 Å². The van der Waals surface area contributed by atoms with Crippen LogP contribution >= 0.6 is 24.0 Å². The second-order valence-corrected chi connectivity index (χ2v) is 5.90. The Labute approximate surface area is 162 Å². The van der Waals surface area contributed by atoms with E-state index in [2.05, 4.69) is 20.7 Å². The molecule has 1 aliphatic rings. The van der Waals surface area contributed by atoms with Crippen LogP contribution in [0.5, 0.6) is 0 Å². The Morgan fingerprint density at radius 2 is 2.12 bits per heavy atom. The molecule has 1 heterocycles. The molecule has 0 saturated heterocycles. The van der Waals surface area contributed by atoms with Crippen molar-refractivity contribution < 1.29 is 17.9 Å². The fourth-order valence-electron chi connectivity index (χ4n) is 2.22. The number of ether oxygens (including phenoxy) is 1. The molecule has 2 N–H and O–H groups in total. The molecule has 0 radical (unpaired) electrons. The topological polar surface area (TPSA) is 63.5 Å². The van der Waals surface area contributed by atoms with Gasteiger partial charge in [0.2, 0.25) is 0 Å². The van der Waals surface area contributed by atoms with Crippen molar-refractivity contribution in [2.24, 2.45) is 18.0 Å². The number of halogens is 4. The predicted molar refractivity (Wildman–Crippen MR) is 100.0 cm³/mol. The summed E-state index contributed by atoms with van der Waals surface area (Å²) < 4.78 is 45.3. The maximum absolute atomic E-state index is 12.9. The molecular formula is C15H25F3IN5O. The molecule has 1 aliphatic carbocycles. The summed E-state index contributed by atoms with van der Waals surface area (Å²) in [6.07, 6.45) is 0.239. The highest BCUT2D eigenvalue weighted by Gasteiger charge is 2.36. The molecule has 6 nitrogen and oxygen atoms in total. The van der Waals surface area contributed by atoms with E-state index in [1.54, 1.807) is 7.05 Å². The summed E-state index contributed by atoms with van der Waals surface area (Å²) in [4.78, 5) is 4.00. The molecule has 10 heteroatoms. The maximum atomic E-state index is 12.9. The number of aromatic nitrogens is 2. The Bertz CT molecular complexity index is 558. The number of hydrogen-bond acceptors (Lipinski definition) is 3. The number of nitrogens with zero attached hydrogens (tertiary/aromatic N) is 3. The molecule has 0 spiro atoms.